The Hall–Kier alpha value is -4.19. The van der Waals surface area contributed by atoms with Crippen molar-refractivity contribution in [2.24, 2.45) is 0 Å². The average molecular weight is 1110 g/mol. The third-order valence-corrected chi connectivity index (χ3v) is 14.2. The van der Waals surface area contributed by atoms with Gasteiger partial charge in [0.2, 0.25) is 0 Å². The highest BCUT2D eigenvalue weighted by molar-refractivity contribution is 5.71. The second-order valence-corrected chi connectivity index (χ2v) is 22.0. The third-order valence-electron chi connectivity index (χ3n) is 14.2. The Morgan fingerprint density at radius 1 is 0.263 bits per heavy atom. The number of unbranched alkanes of at least 4 members (excludes halogenated alkanes) is 29. The Morgan fingerprint density at radius 2 is 0.500 bits per heavy atom. The highest BCUT2D eigenvalue weighted by Crippen LogP contribution is 2.16. The highest BCUT2D eigenvalue weighted by atomic mass is 16.6. The lowest BCUT2D eigenvalue weighted by Crippen LogP contribution is -2.30. The van der Waals surface area contributed by atoms with Gasteiger partial charge in [0.05, 0.1) is 0 Å². The standard InChI is InChI=1S/C74H124O6/c1-4-7-10-13-16-19-22-25-28-30-32-33-34-35-36-37-38-39-40-41-43-44-46-49-52-55-58-61-64-67-73(76)79-70-71(69-78-72(75)66-63-60-57-54-51-48-27-24-21-18-15-12-9-6-3)80-74(77)68-65-62-59-56-53-50-47-45-42-31-29-26-23-20-17-14-11-8-5-2/h7,10,16,19,24-25,27-28,32-33,35-36,38-39,41,43,46,49,55,58,71H,4-6,8-9,11-15,17-18,20-23,26,29-31,34,37,40,42,44-45,47-48,50-54,56-57,59-70H2,1-3H3/b10-7-,19-16-,27-24-,28-25-,33-32-,36-35-,39-38-,43-41-,49-46-,58-55-. The minimum Gasteiger partial charge on any atom is -0.462 e. The van der Waals surface area contributed by atoms with E-state index in [1.807, 2.05) is 0 Å². The van der Waals surface area contributed by atoms with Crippen molar-refractivity contribution < 1.29 is 28.6 Å². The summed E-state index contributed by atoms with van der Waals surface area (Å²) < 4.78 is 16.9. The molecule has 0 heterocycles. The van der Waals surface area contributed by atoms with E-state index in [1.54, 1.807) is 0 Å². The number of rotatable bonds is 60. The molecule has 0 bridgehead atoms. The molecule has 80 heavy (non-hydrogen) atoms. The van der Waals surface area contributed by atoms with E-state index < -0.39 is 6.10 Å². The van der Waals surface area contributed by atoms with E-state index in [4.69, 9.17) is 14.2 Å². The molecule has 0 radical (unpaired) electrons. The van der Waals surface area contributed by atoms with Gasteiger partial charge in [0.15, 0.2) is 6.10 Å². The number of ether oxygens (including phenoxy) is 3. The first-order valence-corrected chi connectivity index (χ1v) is 33.5. The monoisotopic (exact) mass is 1110 g/mol. The van der Waals surface area contributed by atoms with Crippen LogP contribution in [0.4, 0.5) is 0 Å². The smallest absolute Gasteiger partial charge is 0.306 e. The van der Waals surface area contributed by atoms with Crippen molar-refractivity contribution >= 4 is 17.9 Å². The van der Waals surface area contributed by atoms with Gasteiger partial charge in [-0.3, -0.25) is 14.4 Å². The maximum atomic E-state index is 12.9. The van der Waals surface area contributed by atoms with E-state index in [9.17, 15) is 14.4 Å². The fourth-order valence-corrected chi connectivity index (χ4v) is 9.21. The van der Waals surface area contributed by atoms with Crippen LogP contribution in [0.1, 0.15) is 310 Å². The second kappa shape index (κ2) is 67.3. The molecule has 1 atom stereocenters. The van der Waals surface area contributed by atoms with Gasteiger partial charge in [-0.15, -0.1) is 0 Å². The topological polar surface area (TPSA) is 78.9 Å². The molecule has 0 fully saturated rings. The molecule has 0 N–H and O–H groups in total. The van der Waals surface area contributed by atoms with Crippen LogP contribution >= 0.6 is 0 Å². The van der Waals surface area contributed by atoms with Crippen molar-refractivity contribution in [3.8, 4) is 0 Å². The molecule has 0 amide bonds. The van der Waals surface area contributed by atoms with Gasteiger partial charge in [0.1, 0.15) is 13.2 Å². The third kappa shape index (κ3) is 64.6. The molecular weight excluding hydrogens is 985 g/mol. The van der Waals surface area contributed by atoms with Gasteiger partial charge in [0.25, 0.3) is 0 Å². The predicted molar refractivity (Wildman–Crippen MR) is 348 cm³/mol. The van der Waals surface area contributed by atoms with Gasteiger partial charge in [-0.05, 0) is 109 Å². The fraction of sp³-hybridized carbons (Fsp3) is 0.689. The van der Waals surface area contributed by atoms with E-state index in [0.29, 0.717) is 19.3 Å². The van der Waals surface area contributed by atoms with E-state index >= 15 is 0 Å². The van der Waals surface area contributed by atoms with E-state index in [-0.39, 0.29) is 37.5 Å². The molecule has 1 unspecified atom stereocenters. The van der Waals surface area contributed by atoms with Gasteiger partial charge < -0.3 is 14.2 Å². The number of hydrogen-bond acceptors (Lipinski definition) is 6. The quantitative estimate of drug-likeness (QED) is 0.0261. The summed E-state index contributed by atoms with van der Waals surface area (Å²) >= 11 is 0. The van der Waals surface area contributed by atoms with Crippen LogP contribution in [0.25, 0.3) is 0 Å². The van der Waals surface area contributed by atoms with Crippen LogP contribution in [0.2, 0.25) is 0 Å². The normalized spacial score (nSPS) is 12.9. The number of carbonyl (C=O) groups is 3. The molecule has 456 valence electrons. The Balaban J connectivity index is 4.44. The lowest BCUT2D eigenvalue weighted by Gasteiger charge is -2.18. The zero-order chi connectivity index (χ0) is 57.8. The number of allylic oxidation sites excluding steroid dienone is 20. The van der Waals surface area contributed by atoms with Crippen LogP contribution in [0.15, 0.2) is 122 Å². The summed E-state index contributed by atoms with van der Waals surface area (Å²) in [4.78, 5) is 38.3. The summed E-state index contributed by atoms with van der Waals surface area (Å²) in [5.74, 6) is -0.960. The van der Waals surface area contributed by atoms with Crippen LogP contribution in [0.3, 0.4) is 0 Å². The SMILES string of the molecule is CC/C=C\C/C=C\C/C=C\C/C=C\C/C=C\C/C=C\C/C=C\C/C=C\C/C=C\CCCC(=O)OCC(COC(=O)CCCCCCC/C=C\CCCCCCC)OC(=O)CCCCCCCCCCCCCCCCCCCCC. The molecule has 6 heteroatoms. The minimum atomic E-state index is -0.807. The van der Waals surface area contributed by atoms with Crippen molar-refractivity contribution in [1.29, 1.82) is 0 Å². The van der Waals surface area contributed by atoms with Crippen molar-refractivity contribution in [3.63, 3.8) is 0 Å². The summed E-state index contributed by atoms with van der Waals surface area (Å²) in [5, 5.41) is 0. The molecule has 0 spiro atoms. The lowest BCUT2D eigenvalue weighted by molar-refractivity contribution is -0.167. The summed E-state index contributed by atoms with van der Waals surface area (Å²) in [6, 6.07) is 0. The maximum absolute atomic E-state index is 12.9. The molecule has 6 nitrogen and oxygen atoms in total. The Kier molecular flexibility index (Phi) is 63.8. The van der Waals surface area contributed by atoms with Gasteiger partial charge in [-0.2, -0.15) is 0 Å². The van der Waals surface area contributed by atoms with Crippen molar-refractivity contribution in [2.45, 2.75) is 316 Å². The molecule has 0 aromatic heterocycles. The molecule has 0 aliphatic heterocycles. The Morgan fingerprint density at radius 3 is 0.825 bits per heavy atom. The van der Waals surface area contributed by atoms with Gasteiger partial charge >= 0.3 is 17.9 Å². The van der Waals surface area contributed by atoms with Crippen LogP contribution < -0.4 is 0 Å². The van der Waals surface area contributed by atoms with Crippen molar-refractivity contribution in [1.82, 2.24) is 0 Å². The second-order valence-electron chi connectivity index (χ2n) is 22.0. The van der Waals surface area contributed by atoms with Crippen LogP contribution in [-0.2, 0) is 28.6 Å². The maximum Gasteiger partial charge on any atom is 0.306 e. The van der Waals surface area contributed by atoms with Crippen molar-refractivity contribution in [2.75, 3.05) is 13.2 Å². The van der Waals surface area contributed by atoms with E-state index in [0.717, 1.165) is 116 Å². The van der Waals surface area contributed by atoms with Gasteiger partial charge in [-0.25, -0.2) is 0 Å². The first kappa shape index (κ1) is 75.8. The molecule has 0 aliphatic carbocycles. The van der Waals surface area contributed by atoms with E-state index in [1.165, 1.54) is 148 Å². The first-order valence-electron chi connectivity index (χ1n) is 33.5. The predicted octanol–water partition coefficient (Wildman–Crippen LogP) is 23.2. The Bertz CT molecular complexity index is 1650. The number of esters is 3. The minimum absolute atomic E-state index is 0.0997. The molecular formula is C74H124O6. The number of hydrogen-bond donors (Lipinski definition) is 0. The first-order chi connectivity index (χ1) is 39.5. The fourth-order valence-electron chi connectivity index (χ4n) is 9.21. The molecule has 0 aromatic carbocycles. The van der Waals surface area contributed by atoms with E-state index in [2.05, 4.69) is 142 Å². The molecule has 0 saturated heterocycles. The molecule has 0 aromatic rings. The largest absolute Gasteiger partial charge is 0.462 e. The van der Waals surface area contributed by atoms with Gasteiger partial charge in [-0.1, -0.05) is 303 Å². The lowest BCUT2D eigenvalue weighted by atomic mass is 10.0. The summed E-state index contributed by atoms with van der Waals surface area (Å²) in [7, 11) is 0. The number of carbonyl (C=O) groups excluding carboxylic acids is 3. The molecule has 0 rings (SSSR count). The molecule has 0 saturated carbocycles. The van der Waals surface area contributed by atoms with Crippen LogP contribution in [0, 0.1) is 0 Å². The van der Waals surface area contributed by atoms with Crippen molar-refractivity contribution in [3.05, 3.63) is 122 Å². The summed E-state index contributed by atoms with van der Waals surface area (Å²) in [5.41, 5.74) is 0. The zero-order valence-corrected chi connectivity index (χ0v) is 52.3. The summed E-state index contributed by atoms with van der Waals surface area (Å²) in [6.45, 7) is 6.49. The van der Waals surface area contributed by atoms with Crippen LogP contribution in [0.5, 0.6) is 0 Å². The summed E-state index contributed by atoms with van der Waals surface area (Å²) in [6.07, 6.45) is 93.6. The highest BCUT2D eigenvalue weighted by Gasteiger charge is 2.19. The average Bonchev–Trinajstić information content (AvgIpc) is 3.46. The van der Waals surface area contributed by atoms with Gasteiger partial charge in [0, 0.05) is 19.3 Å². The van der Waals surface area contributed by atoms with Crippen LogP contribution in [-0.4, -0.2) is 37.2 Å². The zero-order valence-electron chi connectivity index (χ0n) is 52.3. The molecule has 0 aliphatic rings. The Labute approximate surface area is 494 Å².